The van der Waals surface area contributed by atoms with Crippen LogP contribution < -0.4 is 9.62 Å². The minimum atomic E-state index is -3.73. The molecule has 0 spiro atoms. The number of sulfonamides is 1. The maximum atomic E-state index is 13.6. The number of carbonyl (C=O) groups is 1. The lowest BCUT2D eigenvalue weighted by molar-refractivity contribution is 0.0917. The van der Waals surface area contributed by atoms with E-state index in [-0.39, 0.29) is 16.9 Å². The van der Waals surface area contributed by atoms with Gasteiger partial charge in [-0.15, -0.1) is 0 Å². The van der Waals surface area contributed by atoms with Gasteiger partial charge in [-0.2, -0.15) is 0 Å². The van der Waals surface area contributed by atoms with Crippen LogP contribution in [0.3, 0.4) is 0 Å². The van der Waals surface area contributed by atoms with Crippen molar-refractivity contribution in [3.8, 4) is 0 Å². The first kappa shape index (κ1) is 24.4. The van der Waals surface area contributed by atoms with Crippen molar-refractivity contribution in [3.05, 3.63) is 83.4 Å². The molecular formula is C27H27N3O4S2. The molecule has 1 amide bonds. The van der Waals surface area contributed by atoms with Gasteiger partial charge in [-0.25, -0.2) is 13.4 Å². The van der Waals surface area contributed by atoms with Crippen LogP contribution in [-0.4, -0.2) is 38.6 Å². The first-order valence-corrected chi connectivity index (χ1v) is 14.1. The van der Waals surface area contributed by atoms with Gasteiger partial charge in [0, 0.05) is 17.9 Å². The van der Waals surface area contributed by atoms with Crippen molar-refractivity contribution in [3.63, 3.8) is 0 Å². The van der Waals surface area contributed by atoms with Crippen molar-refractivity contribution in [1.82, 2.24) is 4.98 Å². The van der Waals surface area contributed by atoms with Crippen LogP contribution in [0.4, 0.5) is 10.8 Å². The van der Waals surface area contributed by atoms with Crippen molar-refractivity contribution < 1.29 is 17.9 Å². The minimum absolute atomic E-state index is 0.0386. The Kier molecular flexibility index (Phi) is 6.79. The van der Waals surface area contributed by atoms with Crippen LogP contribution in [0, 0.1) is 13.8 Å². The molecule has 1 saturated heterocycles. The van der Waals surface area contributed by atoms with E-state index >= 15 is 0 Å². The second-order valence-electron chi connectivity index (χ2n) is 9.01. The van der Waals surface area contributed by atoms with E-state index in [1.165, 1.54) is 11.3 Å². The minimum Gasteiger partial charge on any atom is -0.376 e. The zero-order valence-corrected chi connectivity index (χ0v) is 21.7. The van der Waals surface area contributed by atoms with E-state index in [1.807, 2.05) is 26.0 Å². The first-order chi connectivity index (χ1) is 17.3. The molecule has 1 fully saturated rings. The molecule has 3 aromatic carbocycles. The highest BCUT2D eigenvalue weighted by Crippen LogP contribution is 2.31. The lowest BCUT2D eigenvalue weighted by Crippen LogP contribution is -2.37. The molecular weight excluding hydrogens is 494 g/mol. The number of nitrogens with one attached hydrogen (secondary N) is 1. The number of hydrogen-bond donors (Lipinski definition) is 1. The smallest absolute Gasteiger partial charge is 0.261 e. The summed E-state index contributed by atoms with van der Waals surface area (Å²) in [4.78, 5) is 20.2. The highest BCUT2D eigenvalue weighted by molar-refractivity contribution is 7.92. The lowest BCUT2D eigenvalue weighted by Gasteiger charge is -2.23. The zero-order valence-electron chi connectivity index (χ0n) is 20.1. The van der Waals surface area contributed by atoms with Crippen molar-refractivity contribution in [1.29, 1.82) is 0 Å². The molecule has 0 saturated carbocycles. The molecule has 186 valence electrons. The van der Waals surface area contributed by atoms with Crippen LogP contribution in [0.15, 0.2) is 71.6 Å². The standard InChI is InChI=1S/C27H27N3O4S2/c1-18-5-12-23(13-6-18)36(32,33)29-21-10-8-20(9-11-21)26(31)30(17-22-4-3-15-34-22)27-28-24-14-7-19(2)16-25(24)35-27/h5-14,16,22,29H,3-4,15,17H2,1-2H3. The monoisotopic (exact) mass is 521 g/mol. The number of aromatic nitrogens is 1. The van der Waals surface area contributed by atoms with Gasteiger partial charge < -0.3 is 4.74 Å². The predicted molar refractivity (Wildman–Crippen MR) is 143 cm³/mol. The van der Waals surface area contributed by atoms with E-state index in [9.17, 15) is 13.2 Å². The molecule has 0 aliphatic carbocycles. The molecule has 9 heteroatoms. The molecule has 1 N–H and O–H groups in total. The van der Waals surface area contributed by atoms with Crippen LogP contribution in [0.5, 0.6) is 0 Å². The fraction of sp³-hybridized carbons (Fsp3) is 0.259. The molecule has 5 rings (SSSR count). The Labute approximate surface area is 214 Å². The lowest BCUT2D eigenvalue weighted by atomic mass is 10.1. The Morgan fingerprint density at radius 2 is 1.78 bits per heavy atom. The predicted octanol–water partition coefficient (Wildman–Crippen LogP) is 5.54. The van der Waals surface area contributed by atoms with Crippen molar-refractivity contribution in [2.24, 2.45) is 0 Å². The summed E-state index contributed by atoms with van der Waals surface area (Å²) in [5.74, 6) is -0.200. The Morgan fingerprint density at radius 1 is 1.06 bits per heavy atom. The van der Waals surface area contributed by atoms with Crippen molar-refractivity contribution in [2.75, 3.05) is 22.8 Å². The number of aryl methyl sites for hydroxylation is 2. The number of benzene rings is 3. The van der Waals surface area contributed by atoms with E-state index in [0.717, 1.165) is 34.2 Å². The van der Waals surface area contributed by atoms with Crippen LogP contribution in [0.2, 0.25) is 0 Å². The van der Waals surface area contributed by atoms with Gasteiger partial charge in [-0.05, 0) is 80.8 Å². The second kappa shape index (κ2) is 10.0. The summed E-state index contributed by atoms with van der Waals surface area (Å²) in [6.45, 7) is 5.04. The summed E-state index contributed by atoms with van der Waals surface area (Å²) in [5.41, 5.74) is 3.80. The van der Waals surface area contributed by atoms with Crippen molar-refractivity contribution >= 4 is 48.3 Å². The summed E-state index contributed by atoms with van der Waals surface area (Å²) in [5, 5.41) is 0.625. The quantitative estimate of drug-likeness (QED) is 0.345. The molecule has 1 aliphatic rings. The van der Waals surface area contributed by atoms with Gasteiger partial charge in [0.2, 0.25) is 0 Å². The number of hydrogen-bond acceptors (Lipinski definition) is 6. The molecule has 2 heterocycles. The largest absolute Gasteiger partial charge is 0.376 e. The van der Waals surface area contributed by atoms with Gasteiger partial charge in [0.05, 0.1) is 27.8 Å². The number of ether oxygens (including phenoxy) is 1. The molecule has 7 nitrogen and oxygen atoms in total. The van der Waals surface area contributed by atoms with Crippen molar-refractivity contribution in [2.45, 2.75) is 37.7 Å². The topological polar surface area (TPSA) is 88.6 Å². The fourth-order valence-corrected chi connectivity index (χ4v) is 6.27. The molecule has 1 unspecified atom stereocenters. The number of anilines is 2. The summed E-state index contributed by atoms with van der Waals surface area (Å²) in [7, 11) is -3.73. The van der Waals surface area contributed by atoms with Crippen LogP contribution >= 0.6 is 11.3 Å². The number of fused-ring (bicyclic) bond motifs is 1. The third kappa shape index (κ3) is 5.28. The Balaban J connectivity index is 1.39. The van der Waals surface area contributed by atoms with Crippen LogP contribution in [-0.2, 0) is 14.8 Å². The van der Waals surface area contributed by atoms with Crippen LogP contribution in [0.25, 0.3) is 10.2 Å². The van der Waals surface area contributed by atoms with Gasteiger partial charge in [-0.1, -0.05) is 35.1 Å². The van der Waals surface area contributed by atoms with Gasteiger partial charge in [0.1, 0.15) is 0 Å². The number of thiazole rings is 1. The molecule has 0 bridgehead atoms. The summed E-state index contributed by atoms with van der Waals surface area (Å²) >= 11 is 1.48. The number of carbonyl (C=O) groups excluding carboxylic acids is 1. The highest BCUT2D eigenvalue weighted by Gasteiger charge is 2.27. The number of amides is 1. The molecule has 36 heavy (non-hydrogen) atoms. The average molecular weight is 522 g/mol. The zero-order chi connectivity index (χ0) is 25.3. The second-order valence-corrected chi connectivity index (χ2v) is 11.7. The van der Waals surface area contributed by atoms with Gasteiger partial charge in [0.15, 0.2) is 5.13 Å². The summed E-state index contributed by atoms with van der Waals surface area (Å²) in [6, 6.07) is 19.2. The van der Waals surface area contributed by atoms with E-state index in [4.69, 9.17) is 9.72 Å². The normalized spacial score (nSPS) is 15.8. The molecule has 1 atom stereocenters. The maximum absolute atomic E-state index is 13.6. The van der Waals surface area contributed by atoms with E-state index < -0.39 is 10.0 Å². The first-order valence-electron chi connectivity index (χ1n) is 11.8. The number of rotatable bonds is 7. The Hall–Kier alpha value is -3.27. The highest BCUT2D eigenvalue weighted by atomic mass is 32.2. The Bertz CT molecular complexity index is 1490. The molecule has 0 radical (unpaired) electrons. The molecule has 1 aliphatic heterocycles. The van der Waals surface area contributed by atoms with Gasteiger partial charge >= 0.3 is 0 Å². The third-order valence-corrected chi connectivity index (χ3v) is 8.57. The van der Waals surface area contributed by atoms with E-state index in [0.29, 0.717) is 29.5 Å². The van der Waals surface area contributed by atoms with Crippen LogP contribution in [0.1, 0.15) is 34.3 Å². The Morgan fingerprint density at radius 3 is 2.47 bits per heavy atom. The summed E-state index contributed by atoms with van der Waals surface area (Å²) in [6.07, 6.45) is 1.83. The maximum Gasteiger partial charge on any atom is 0.261 e. The molecule has 4 aromatic rings. The van der Waals surface area contributed by atoms with E-state index in [1.54, 1.807) is 53.4 Å². The average Bonchev–Trinajstić information content (AvgIpc) is 3.52. The van der Waals surface area contributed by atoms with Gasteiger partial charge in [0.25, 0.3) is 15.9 Å². The summed E-state index contributed by atoms with van der Waals surface area (Å²) < 4.78 is 34.9. The fourth-order valence-electron chi connectivity index (χ4n) is 4.14. The van der Waals surface area contributed by atoms with Gasteiger partial charge in [-0.3, -0.25) is 14.4 Å². The third-order valence-electron chi connectivity index (χ3n) is 6.13. The number of nitrogens with zero attached hydrogens (tertiary/aromatic N) is 2. The molecule has 1 aromatic heterocycles. The SMILES string of the molecule is Cc1ccc(S(=O)(=O)Nc2ccc(C(=O)N(CC3CCCO3)c3nc4ccc(C)cc4s3)cc2)cc1. The van der Waals surface area contributed by atoms with E-state index in [2.05, 4.69) is 10.8 Å².